The van der Waals surface area contributed by atoms with Gasteiger partial charge in [0.1, 0.15) is 6.23 Å². The van der Waals surface area contributed by atoms with Crippen molar-refractivity contribution in [3.8, 4) is 0 Å². The predicted molar refractivity (Wildman–Crippen MR) is 125 cm³/mol. The van der Waals surface area contributed by atoms with Gasteiger partial charge < -0.3 is 9.64 Å². The van der Waals surface area contributed by atoms with Crippen molar-refractivity contribution in [2.45, 2.75) is 30.1 Å². The number of imide groups is 1. The van der Waals surface area contributed by atoms with Crippen molar-refractivity contribution < 1.29 is 14.3 Å². The lowest BCUT2D eigenvalue weighted by Gasteiger charge is -2.48. The number of hydrogen-bond acceptors (Lipinski definition) is 4. The van der Waals surface area contributed by atoms with Gasteiger partial charge in [0.15, 0.2) is 5.54 Å². The summed E-state index contributed by atoms with van der Waals surface area (Å²) < 4.78 is 6.26. The number of nitrogens with one attached hydrogen (secondary N) is 2. The average molecular weight is 442 g/mol. The fraction of sp³-hybridized carbons (Fsp3) is 0.259. The molecule has 0 aliphatic carbocycles. The van der Waals surface area contributed by atoms with Crippen LogP contribution in [0.2, 0.25) is 0 Å². The second-order valence-electron chi connectivity index (χ2n) is 8.59. The molecule has 3 aromatic rings. The number of benzene rings is 3. The summed E-state index contributed by atoms with van der Waals surface area (Å²) in [7, 11) is 1.67. The molecule has 6 nitrogen and oxygen atoms in total. The second kappa shape index (κ2) is 8.46. The molecule has 2 aliphatic heterocycles. The summed E-state index contributed by atoms with van der Waals surface area (Å²) in [6, 6.07) is 30.1. The molecule has 168 valence electrons. The molecule has 3 amide bonds. The van der Waals surface area contributed by atoms with Crippen LogP contribution in [-0.4, -0.2) is 42.3 Å². The zero-order chi connectivity index (χ0) is 22.9. The molecule has 2 unspecified atom stereocenters. The SMILES string of the molecule is CN1C(=O)NC(=O)C12CCCOC2NC(c1ccccc1)(c1ccccc1)c1ccccc1. The number of nitrogens with zero attached hydrogens (tertiary/aromatic N) is 1. The first-order chi connectivity index (χ1) is 16.1. The highest BCUT2D eigenvalue weighted by molar-refractivity contribution is 6.07. The van der Waals surface area contributed by atoms with E-state index >= 15 is 0 Å². The Hall–Kier alpha value is -3.48. The smallest absolute Gasteiger partial charge is 0.324 e. The Morgan fingerprint density at radius 3 is 1.79 bits per heavy atom. The largest absolute Gasteiger partial charge is 0.360 e. The normalized spacial score (nSPS) is 23.1. The zero-order valence-corrected chi connectivity index (χ0v) is 18.5. The van der Waals surface area contributed by atoms with Gasteiger partial charge in [-0.15, -0.1) is 0 Å². The molecule has 2 aliphatic rings. The van der Waals surface area contributed by atoms with Gasteiger partial charge >= 0.3 is 6.03 Å². The van der Waals surface area contributed by atoms with Crippen molar-refractivity contribution in [1.29, 1.82) is 0 Å². The van der Waals surface area contributed by atoms with E-state index in [-0.39, 0.29) is 5.91 Å². The van der Waals surface area contributed by atoms with Crippen LogP contribution in [0.3, 0.4) is 0 Å². The van der Waals surface area contributed by atoms with Crippen LogP contribution in [0.1, 0.15) is 29.5 Å². The summed E-state index contributed by atoms with van der Waals surface area (Å²) in [5.74, 6) is -0.324. The maximum Gasteiger partial charge on any atom is 0.324 e. The Balaban J connectivity index is 1.73. The lowest BCUT2D eigenvalue weighted by Crippen LogP contribution is -2.68. The average Bonchev–Trinajstić information content (AvgIpc) is 3.08. The monoisotopic (exact) mass is 441 g/mol. The van der Waals surface area contributed by atoms with Crippen LogP contribution in [-0.2, 0) is 15.1 Å². The van der Waals surface area contributed by atoms with Gasteiger partial charge in [0, 0.05) is 13.7 Å². The number of carbonyl (C=O) groups is 2. The highest BCUT2D eigenvalue weighted by Gasteiger charge is 2.59. The molecule has 2 atom stereocenters. The van der Waals surface area contributed by atoms with Crippen molar-refractivity contribution >= 4 is 11.9 Å². The molecule has 2 heterocycles. The van der Waals surface area contributed by atoms with Gasteiger partial charge in [-0.3, -0.25) is 15.4 Å². The third-order valence-corrected chi connectivity index (χ3v) is 6.91. The summed E-state index contributed by atoms with van der Waals surface area (Å²) in [5, 5.41) is 6.25. The number of rotatable bonds is 5. The number of carbonyl (C=O) groups excluding carboxylic acids is 2. The number of urea groups is 1. The van der Waals surface area contributed by atoms with Crippen molar-refractivity contribution in [2.75, 3.05) is 13.7 Å². The Morgan fingerprint density at radius 1 is 0.879 bits per heavy atom. The first-order valence-corrected chi connectivity index (χ1v) is 11.2. The third-order valence-electron chi connectivity index (χ3n) is 6.91. The molecular formula is C27H27N3O3. The van der Waals surface area contributed by atoms with E-state index in [4.69, 9.17) is 4.74 Å². The van der Waals surface area contributed by atoms with E-state index < -0.39 is 23.3 Å². The maximum absolute atomic E-state index is 13.2. The molecule has 6 heteroatoms. The maximum atomic E-state index is 13.2. The van der Waals surface area contributed by atoms with E-state index in [1.807, 2.05) is 54.6 Å². The van der Waals surface area contributed by atoms with E-state index in [1.165, 1.54) is 4.90 Å². The van der Waals surface area contributed by atoms with Crippen LogP contribution < -0.4 is 10.6 Å². The van der Waals surface area contributed by atoms with Gasteiger partial charge in [-0.2, -0.15) is 0 Å². The fourth-order valence-electron chi connectivity index (χ4n) is 5.18. The van der Waals surface area contributed by atoms with E-state index in [2.05, 4.69) is 47.0 Å². The van der Waals surface area contributed by atoms with Gasteiger partial charge in [-0.05, 0) is 29.5 Å². The van der Waals surface area contributed by atoms with Crippen molar-refractivity contribution in [3.63, 3.8) is 0 Å². The summed E-state index contributed by atoms with van der Waals surface area (Å²) in [6.07, 6.45) is 0.495. The molecule has 0 bridgehead atoms. The van der Waals surface area contributed by atoms with Gasteiger partial charge in [0.05, 0.1) is 5.54 Å². The van der Waals surface area contributed by atoms with E-state index in [1.54, 1.807) is 7.05 Å². The molecule has 1 spiro atoms. The van der Waals surface area contributed by atoms with Crippen LogP contribution in [0.25, 0.3) is 0 Å². The Kier molecular flexibility index (Phi) is 5.48. The molecule has 0 aromatic heterocycles. The standard InChI is InChI=1S/C27H27N3O3/c1-30-25(32)28-23(31)26(30)18-11-19-33-24(26)29-27(20-12-5-2-6-13-20,21-14-7-3-8-15-21)22-16-9-4-10-17-22/h2-10,12-17,24,29H,11,18-19H2,1H3,(H,28,31,32). The van der Waals surface area contributed by atoms with Crippen LogP contribution >= 0.6 is 0 Å². The number of amides is 3. The number of hydrogen-bond donors (Lipinski definition) is 2. The van der Waals surface area contributed by atoms with Crippen LogP contribution in [0.5, 0.6) is 0 Å². The molecule has 33 heavy (non-hydrogen) atoms. The highest BCUT2D eigenvalue weighted by atomic mass is 16.5. The minimum Gasteiger partial charge on any atom is -0.360 e. The minimum atomic E-state index is -1.13. The third kappa shape index (κ3) is 3.34. The van der Waals surface area contributed by atoms with E-state index in [0.717, 1.165) is 16.7 Å². The summed E-state index contributed by atoms with van der Waals surface area (Å²) in [5.41, 5.74) is 1.10. The van der Waals surface area contributed by atoms with Crippen molar-refractivity contribution in [2.24, 2.45) is 0 Å². The summed E-state index contributed by atoms with van der Waals surface area (Å²) in [4.78, 5) is 27.2. The lowest BCUT2D eigenvalue weighted by molar-refractivity contribution is -0.148. The molecule has 2 fully saturated rings. The molecule has 5 rings (SSSR count). The van der Waals surface area contributed by atoms with Crippen molar-refractivity contribution in [1.82, 2.24) is 15.5 Å². The summed E-state index contributed by atoms with van der Waals surface area (Å²) in [6.45, 7) is 0.503. The molecule has 2 N–H and O–H groups in total. The van der Waals surface area contributed by atoms with Gasteiger partial charge in [-0.25, -0.2) is 4.79 Å². The second-order valence-corrected chi connectivity index (χ2v) is 8.59. The van der Waals surface area contributed by atoms with Gasteiger partial charge in [-0.1, -0.05) is 91.0 Å². The van der Waals surface area contributed by atoms with Crippen LogP contribution in [0.4, 0.5) is 4.79 Å². The van der Waals surface area contributed by atoms with Crippen LogP contribution in [0, 0.1) is 0 Å². The first kappa shape index (κ1) is 21.4. The quantitative estimate of drug-likeness (QED) is 0.469. The molecule has 0 saturated carbocycles. The molecular weight excluding hydrogens is 414 g/mol. The molecule has 0 radical (unpaired) electrons. The van der Waals surface area contributed by atoms with Crippen LogP contribution in [0.15, 0.2) is 91.0 Å². The Labute approximate surface area is 193 Å². The fourth-order valence-corrected chi connectivity index (χ4v) is 5.18. The van der Waals surface area contributed by atoms with E-state index in [9.17, 15) is 9.59 Å². The Morgan fingerprint density at radius 2 is 1.36 bits per heavy atom. The minimum absolute atomic E-state index is 0.324. The molecule has 3 aromatic carbocycles. The Bertz CT molecular complexity index is 1040. The predicted octanol–water partition coefficient (Wildman–Crippen LogP) is 3.63. The number of ether oxygens (including phenoxy) is 1. The van der Waals surface area contributed by atoms with Gasteiger partial charge in [0.25, 0.3) is 5.91 Å². The lowest BCUT2D eigenvalue weighted by atomic mass is 9.75. The topological polar surface area (TPSA) is 70.7 Å². The van der Waals surface area contributed by atoms with Gasteiger partial charge in [0.2, 0.25) is 0 Å². The summed E-state index contributed by atoms with van der Waals surface area (Å²) >= 11 is 0. The van der Waals surface area contributed by atoms with E-state index in [0.29, 0.717) is 19.4 Å². The van der Waals surface area contributed by atoms with Crippen molar-refractivity contribution in [3.05, 3.63) is 108 Å². The molecule has 2 saturated heterocycles. The first-order valence-electron chi connectivity index (χ1n) is 11.2. The highest BCUT2D eigenvalue weighted by Crippen LogP contribution is 2.41. The zero-order valence-electron chi connectivity index (χ0n) is 18.5. The number of likely N-dealkylation sites (N-methyl/N-ethyl adjacent to an activating group) is 1.